The molecule has 2 aromatic rings. The molecule has 3 heterocycles. The zero-order chi connectivity index (χ0) is 17.6. The van der Waals surface area contributed by atoms with Crippen molar-refractivity contribution in [2.45, 2.75) is 0 Å². The Bertz CT molecular complexity index is 889. The number of aromatic nitrogens is 1. The third-order valence-electron chi connectivity index (χ3n) is 4.13. The van der Waals surface area contributed by atoms with E-state index in [4.69, 9.17) is 5.11 Å². The highest BCUT2D eigenvalue weighted by Gasteiger charge is 2.26. The predicted molar refractivity (Wildman–Crippen MR) is 80.2 cm³/mol. The van der Waals surface area contributed by atoms with Crippen molar-refractivity contribution in [1.29, 1.82) is 0 Å². The van der Waals surface area contributed by atoms with Gasteiger partial charge < -0.3 is 14.9 Å². The van der Waals surface area contributed by atoms with Crippen LogP contribution in [-0.2, 0) is 0 Å². The van der Waals surface area contributed by atoms with E-state index < -0.39 is 40.2 Å². The number of likely N-dealkylation sites (N-methyl/N-ethyl adjacent to an activating group) is 1. The van der Waals surface area contributed by atoms with Crippen LogP contribution in [0.25, 0.3) is 5.52 Å². The Kier molecular flexibility index (Phi) is 3.96. The summed E-state index contributed by atoms with van der Waals surface area (Å²) in [4.78, 5) is 27.1. The van der Waals surface area contributed by atoms with Gasteiger partial charge in [-0.25, -0.2) is 18.0 Å². The summed E-state index contributed by atoms with van der Waals surface area (Å²) >= 11 is 0. The number of carboxylic acids is 1. The normalized spacial score (nSPS) is 15.9. The number of carboxylic acid groups (broad SMARTS) is 1. The number of rotatable bonds is 2. The molecule has 6 nitrogen and oxygen atoms in total. The first-order valence-corrected chi connectivity index (χ1v) is 7.21. The van der Waals surface area contributed by atoms with Crippen molar-refractivity contribution in [3.63, 3.8) is 0 Å². The fourth-order valence-electron chi connectivity index (χ4n) is 2.81. The molecule has 1 aliphatic heterocycles. The molecule has 0 spiro atoms. The largest absolute Gasteiger partial charge is 0.477 e. The number of halogens is 3. The van der Waals surface area contributed by atoms with Crippen molar-refractivity contribution in [2.24, 2.45) is 0 Å². The first-order chi connectivity index (χ1) is 11.3. The molecule has 0 radical (unpaired) electrons. The second kappa shape index (κ2) is 5.82. The quantitative estimate of drug-likeness (QED) is 0.831. The van der Waals surface area contributed by atoms with E-state index in [1.807, 2.05) is 11.9 Å². The SMILES string of the molecule is CN1CCN(c2cc(C(=O)O)c(=O)n3c(F)c(F)cc(F)c23)CC1. The molecule has 0 saturated carbocycles. The smallest absolute Gasteiger partial charge is 0.341 e. The number of pyridine rings is 2. The van der Waals surface area contributed by atoms with Crippen LogP contribution >= 0.6 is 0 Å². The second-order valence-electron chi connectivity index (χ2n) is 5.66. The number of hydrogen-bond donors (Lipinski definition) is 1. The van der Waals surface area contributed by atoms with Crippen LogP contribution in [0, 0.1) is 17.6 Å². The minimum absolute atomic E-state index is 0.0523. The van der Waals surface area contributed by atoms with Gasteiger partial charge in [-0.1, -0.05) is 0 Å². The van der Waals surface area contributed by atoms with Gasteiger partial charge in [0.2, 0.25) is 5.95 Å². The number of aromatic carboxylic acids is 1. The highest BCUT2D eigenvalue weighted by Crippen LogP contribution is 2.27. The van der Waals surface area contributed by atoms with Gasteiger partial charge in [0.25, 0.3) is 5.56 Å². The lowest BCUT2D eigenvalue weighted by Gasteiger charge is -2.34. The van der Waals surface area contributed by atoms with Crippen molar-refractivity contribution in [3.8, 4) is 0 Å². The number of hydrogen-bond acceptors (Lipinski definition) is 4. The molecule has 0 bridgehead atoms. The first kappa shape index (κ1) is 16.3. The first-order valence-electron chi connectivity index (χ1n) is 7.21. The molecule has 0 unspecified atom stereocenters. The van der Waals surface area contributed by atoms with Gasteiger partial charge in [0, 0.05) is 32.2 Å². The van der Waals surface area contributed by atoms with Gasteiger partial charge in [-0.2, -0.15) is 4.39 Å². The maximum atomic E-state index is 14.3. The van der Waals surface area contributed by atoms with Gasteiger partial charge in [-0.15, -0.1) is 0 Å². The van der Waals surface area contributed by atoms with Crippen LogP contribution in [0.1, 0.15) is 10.4 Å². The van der Waals surface area contributed by atoms with Crippen LogP contribution < -0.4 is 10.5 Å². The van der Waals surface area contributed by atoms with E-state index in [9.17, 15) is 22.8 Å². The Morgan fingerprint density at radius 1 is 1.08 bits per heavy atom. The van der Waals surface area contributed by atoms with Crippen molar-refractivity contribution in [3.05, 3.63) is 45.6 Å². The molecule has 0 amide bonds. The minimum atomic E-state index is -1.62. The van der Waals surface area contributed by atoms with E-state index in [1.165, 1.54) is 0 Å². The standard InChI is InChI=1S/C15H14F3N3O3/c1-19-2-4-20(5-3-19)11-6-8(15(23)24)14(22)21-12(11)9(16)7-10(17)13(21)18/h6-7H,2-5H2,1H3,(H,23,24). The Hall–Kier alpha value is -2.55. The fourth-order valence-corrected chi connectivity index (χ4v) is 2.81. The van der Waals surface area contributed by atoms with E-state index in [2.05, 4.69) is 0 Å². The third kappa shape index (κ3) is 2.50. The lowest BCUT2D eigenvalue weighted by Crippen LogP contribution is -2.45. The van der Waals surface area contributed by atoms with Crippen LogP contribution in [0.2, 0.25) is 0 Å². The van der Waals surface area contributed by atoms with Gasteiger partial charge in [-0.3, -0.25) is 4.79 Å². The summed E-state index contributed by atoms with van der Waals surface area (Å²) < 4.78 is 42.0. The molecule has 1 saturated heterocycles. The molecule has 1 N–H and O–H groups in total. The second-order valence-corrected chi connectivity index (χ2v) is 5.66. The summed E-state index contributed by atoms with van der Waals surface area (Å²) in [7, 11) is 1.89. The molecule has 9 heteroatoms. The number of nitrogens with zero attached hydrogens (tertiary/aromatic N) is 3. The number of anilines is 1. The lowest BCUT2D eigenvalue weighted by atomic mass is 10.1. The minimum Gasteiger partial charge on any atom is -0.477 e. The lowest BCUT2D eigenvalue weighted by molar-refractivity contribution is 0.0694. The van der Waals surface area contributed by atoms with E-state index in [0.717, 1.165) is 6.07 Å². The van der Waals surface area contributed by atoms with Gasteiger partial charge in [0.05, 0.1) is 5.69 Å². The van der Waals surface area contributed by atoms with Crippen LogP contribution in [0.15, 0.2) is 16.9 Å². The molecule has 1 aliphatic rings. The summed E-state index contributed by atoms with van der Waals surface area (Å²) in [5, 5.41) is 9.17. The highest BCUT2D eigenvalue weighted by atomic mass is 19.2. The zero-order valence-electron chi connectivity index (χ0n) is 12.7. The molecule has 24 heavy (non-hydrogen) atoms. The monoisotopic (exact) mass is 341 g/mol. The zero-order valence-corrected chi connectivity index (χ0v) is 12.7. The van der Waals surface area contributed by atoms with Gasteiger partial charge in [0.1, 0.15) is 11.1 Å². The summed E-state index contributed by atoms with van der Waals surface area (Å²) in [6.45, 7) is 2.11. The van der Waals surface area contributed by atoms with E-state index in [-0.39, 0.29) is 10.1 Å². The van der Waals surface area contributed by atoms with Crippen LogP contribution in [0.4, 0.5) is 18.9 Å². The van der Waals surface area contributed by atoms with Gasteiger partial charge in [-0.05, 0) is 13.1 Å². The van der Waals surface area contributed by atoms with Crippen molar-refractivity contribution in [1.82, 2.24) is 9.30 Å². The number of carbonyl (C=O) groups is 1. The average molecular weight is 341 g/mol. The summed E-state index contributed by atoms with van der Waals surface area (Å²) in [5.74, 6) is -5.89. The molecule has 2 aromatic heterocycles. The summed E-state index contributed by atoms with van der Waals surface area (Å²) in [5.41, 5.74) is -2.47. The highest BCUT2D eigenvalue weighted by molar-refractivity contribution is 5.91. The van der Waals surface area contributed by atoms with Crippen molar-refractivity contribution in [2.75, 3.05) is 38.1 Å². The predicted octanol–water partition coefficient (Wildman–Crippen LogP) is 1.17. The van der Waals surface area contributed by atoms with Gasteiger partial charge in [0.15, 0.2) is 11.6 Å². The third-order valence-corrected chi connectivity index (χ3v) is 4.13. The molecule has 0 atom stereocenters. The number of fused-ring (bicyclic) bond motifs is 1. The topological polar surface area (TPSA) is 65.3 Å². The Morgan fingerprint density at radius 2 is 1.71 bits per heavy atom. The Morgan fingerprint density at radius 3 is 2.29 bits per heavy atom. The van der Waals surface area contributed by atoms with E-state index in [1.54, 1.807) is 4.90 Å². The Labute approximate surface area is 134 Å². The summed E-state index contributed by atoms with van der Waals surface area (Å²) in [6, 6.07) is 1.37. The number of piperazine rings is 1. The van der Waals surface area contributed by atoms with Gasteiger partial charge >= 0.3 is 5.97 Å². The van der Waals surface area contributed by atoms with Crippen molar-refractivity contribution >= 4 is 17.2 Å². The van der Waals surface area contributed by atoms with Crippen LogP contribution in [0.3, 0.4) is 0 Å². The molecule has 3 rings (SSSR count). The molecular formula is C15H14F3N3O3. The molecule has 1 fully saturated rings. The maximum absolute atomic E-state index is 14.3. The summed E-state index contributed by atoms with van der Waals surface area (Å²) in [6.07, 6.45) is 0. The maximum Gasteiger partial charge on any atom is 0.341 e. The Balaban J connectivity index is 2.36. The van der Waals surface area contributed by atoms with Crippen LogP contribution in [-0.4, -0.2) is 53.6 Å². The fraction of sp³-hybridized carbons (Fsp3) is 0.333. The van der Waals surface area contributed by atoms with Crippen LogP contribution in [0.5, 0.6) is 0 Å². The average Bonchev–Trinajstić information content (AvgIpc) is 2.53. The van der Waals surface area contributed by atoms with Crippen molar-refractivity contribution < 1.29 is 23.1 Å². The molecular weight excluding hydrogens is 327 g/mol. The van der Waals surface area contributed by atoms with E-state index >= 15 is 0 Å². The molecule has 0 aromatic carbocycles. The van der Waals surface area contributed by atoms with E-state index in [0.29, 0.717) is 32.2 Å². The molecule has 0 aliphatic carbocycles. The molecule has 128 valence electrons.